The third kappa shape index (κ3) is 9.61. The molecule has 7 nitrogen and oxygen atoms in total. The number of benzene rings is 7. The number of hydrogen-bond acceptors (Lipinski definition) is 5. The van der Waals surface area contributed by atoms with Crippen LogP contribution in [0.1, 0.15) is 168 Å². The smallest absolute Gasteiger partial charge is 0.399 e. The number of fused-ring (bicyclic) bond motifs is 2. The SMILES string of the molecule is CCCCCNC(=O)c1ccc2c3ccc(N(c4ccc(C(C)(C)CC(C)(C)C)cc4)c4ccc(C(C)(C)CC(C)(C)C)cc4)c4cc(B5OC(C)(C)C(C)(C)O5)cc(c5ccc(C(N)=O)c1c25)c43. The van der Waals surface area contributed by atoms with Crippen LogP contribution >= 0.6 is 0 Å². The molecule has 8 heteroatoms. The number of rotatable bonds is 14. The highest BCUT2D eigenvalue weighted by atomic mass is 16.7. The van der Waals surface area contributed by atoms with E-state index in [0.29, 0.717) is 23.1 Å². The van der Waals surface area contributed by atoms with Gasteiger partial charge in [0.25, 0.3) is 5.91 Å². The number of nitrogens with one attached hydrogen (secondary N) is 1. The first-order chi connectivity index (χ1) is 32.1. The second-order valence-electron chi connectivity index (χ2n) is 24.8. The number of unbranched alkanes of at least 4 members (excludes halogenated alkanes) is 2. The number of carbonyl (C=O) groups excluding carboxylic acids is 2. The van der Waals surface area contributed by atoms with E-state index in [0.717, 1.165) is 92.3 Å². The minimum Gasteiger partial charge on any atom is -0.399 e. The summed E-state index contributed by atoms with van der Waals surface area (Å²) in [6, 6.07) is 34.9. The summed E-state index contributed by atoms with van der Waals surface area (Å²) >= 11 is 0. The van der Waals surface area contributed by atoms with Gasteiger partial charge in [0.1, 0.15) is 0 Å². The van der Waals surface area contributed by atoms with E-state index in [1.807, 2.05) is 18.2 Å². The van der Waals surface area contributed by atoms with Gasteiger partial charge in [-0.15, -0.1) is 0 Å². The Hall–Kier alpha value is -5.44. The number of anilines is 3. The van der Waals surface area contributed by atoms with Gasteiger partial charge in [-0.3, -0.25) is 9.59 Å². The lowest BCUT2D eigenvalue weighted by molar-refractivity contribution is 0.00578. The number of nitrogens with two attached hydrogens (primary N) is 1. The Morgan fingerprint density at radius 1 is 0.580 bits per heavy atom. The molecule has 2 amide bonds. The maximum absolute atomic E-state index is 14.1. The molecular formula is C61H76BN3O4. The highest BCUT2D eigenvalue weighted by Crippen LogP contribution is 2.49. The van der Waals surface area contributed by atoms with Crippen LogP contribution in [0.15, 0.2) is 97.1 Å². The monoisotopic (exact) mass is 926 g/mol. The fourth-order valence-electron chi connectivity index (χ4n) is 11.7. The Kier molecular flexibility index (Phi) is 12.9. The van der Waals surface area contributed by atoms with Gasteiger partial charge in [-0.25, -0.2) is 0 Å². The molecule has 362 valence electrons. The predicted octanol–water partition coefficient (Wildman–Crippen LogP) is 15.0. The van der Waals surface area contributed by atoms with Crippen molar-refractivity contribution >= 4 is 84.5 Å². The van der Waals surface area contributed by atoms with Crippen molar-refractivity contribution in [3.63, 3.8) is 0 Å². The minimum atomic E-state index is -0.656. The summed E-state index contributed by atoms with van der Waals surface area (Å²) in [6.07, 6.45) is 5.04. The van der Waals surface area contributed by atoms with Crippen molar-refractivity contribution in [2.45, 2.75) is 158 Å². The maximum Gasteiger partial charge on any atom is 0.494 e. The number of nitrogens with zero attached hydrogens (tertiary/aromatic N) is 1. The number of hydrogen-bond donors (Lipinski definition) is 2. The predicted molar refractivity (Wildman–Crippen MR) is 293 cm³/mol. The van der Waals surface area contributed by atoms with Gasteiger partial charge in [-0.05, 0) is 160 Å². The van der Waals surface area contributed by atoms with Crippen LogP contribution in [-0.4, -0.2) is 36.7 Å². The fourth-order valence-corrected chi connectivity index (χ4v) is 11.7. The minimum absolute atomic E-state index is 0.0295. The summed E-state index contributed by atoms with van der Waals surface area (Å²) in [5.41, 5.74) is 12.6. The third-order valence-electron chi connectivity index (χ3n) is 15.0. The molecule has 8 rings (SSSR count). The first-order valence-corrected chi connectivity index (χ1v) is 25.3. The lowest BCUT2D eigenvalue weighted by Gasteiger charge is -2.34. The highest BCUT2D eigenvalue weighted by molar-refractivity contribution is 6.63. The van der Waals surface area contributed by atoms with Crippen LogP contribution in [0.3, 0.4) is 0 Å². The molecule has 1 aliphatic rings. The third-order valence-corrected chi connectivity index (χ3v) is 15.0. The molecule has 0 spiro atoms. The largest absolute Gasteiger partial charge is 0.494 e. The zero-order valence-electron chi connectivity index (χ0n) is 44.2. The second kappa shape index (κ2) is 17.8. The Balaban J connectivity index is 1.43. The zero-order valence-corrected chi connectivity index (χ0v) is 44.2. The molecule has 1 fully saturated rings. The molecule has 1 saturated heterocycles. The van der Waals surface area contributed by atoms with Crippen molar-refractivity contribution < 1.29 is 18.9 Å². The van der Waals surface area contributed by atoms with E-state index in [4.69, 9.17) is 15.0 Å². The Morgan fingerprint density at radius 3 is 1.54 bits per heavy atom. The lowest BCUT2D eigenvalue weighted by Crippen LogP contribution is -2.41. The van der Waals surface area contributed by atoms with Crippen LogP contribution in [0.25, 0.3) is 43.1 Å². The molecule has 3 N–H and O–H groups in total. The van der Waals surface area contributed by atoms with Crippen LogP contribution in [0.2, 0.25) is 0 Å². The van der Waals surface area contributed by atoms with E-state index in [9.17, 15) is 9.59 Å². The fraction of sp³-hybridized carbons (Fsp3) is 0.443. The van der Waals surface area contributed by atoms with E-state index >= 15 is 0 Å². The topological polar surface area (TPSA) is 93.9 Å². The van der Waals surface area contributed by atoms with Crippen molar-refractivity contribution in [3.05, 3.63) is 119 Å². The van der Waals surface area contributed by atoms with E-state index in [1.54, 1.807) is 6.07 Å². The Morgan fingerprint density at radius 2 is 1.04 bits per heavy atom. The molecule has 7 aromatic carbocycles. The quantitative estimate of drug-likeness (QED) is 0.0490. The van der Waals surface area contributed by atoms with E-state index in [-0.39, 0.29) is 27.6 Å². The molecule has 1 heterocycles. The molecule has 0 aromatic heterocycles. The van der Waals surface area contributed by atoms with E-state index in [1.165, 1.54) is 11.1 Å². The average molecular weight is 926 g/mol. The van der Waals surface area contributed by atoms with Gasteiger partial charge in [0, 0.05) is 39.8 Å². The Bertz CT molecular complexity index is 2970. The maximum atomic E-state index is 14.1. The summed E-state index contributed by atoms with van der Waals surface area (Å²) in [5.74, 6) is -0.793. The average Bonchev–Trinajstić information content (AvgIpc) is 3.48. The van der Waals surface area contributed by atoms with Crippen LogP contribution in [-0.2, 0) is 20.1 Å². The normalized spacial score (nSPS) is 15.5. The molecule has 7 aromatic rings. The molecule has 0 bridgehead atoms. The van der Waals surface area contributed by atoms with Gasteiger partial charge >= 0.3 is 7.12 Å². The van der Waals surface area contributed by atoms with Crippen LogP contribution in [0, 0.1) is 10.8 Å². The lowest BCUT2D eigenvalue weighted by atomic mass is 9.72. The van der Waals surface area contributed by atoms with Crippen LogP contribution < -0.4 is 21.4 Å². The van der Waals surface area contributed by atoms with Crippen molar-refractivity contribution in [2.75, 3.05) is 11.4 Å². The van der Waals surface area contributed by atoms with Crippen molar-refractivity contribution in [2.24, 2.45) is 16.6 Å². The molecule has 0 aliphatic carbocycles. The molecule has 0 atom stereocenters. The Labute approximate surface area is 412 Å². The van der Waals surface area contributed by atoms with Gasteiger partial charge < -0.3 is 25.3 Å². The summed E-state index contributed by atoms with van der Waals surface area (Å²) in [6.45, 7) is 34.3. The summed E-state index contributed by atoms with van der Waals surface area (Å²) in [5, 5.41) is 10.5. The number of primary amides is 1. The second-order valence-corrected chi connectivity index (χ2v) is 24.8. The molecule has 0 saturated carbocycles. The van der Waals surface area contributed by atoms with Gasteiger partial charge in [-0.2, -0.15) is 0 Å². The van der Waals surface area contributed by atoms with Crippen LogP contribution in [0.5, 0.6) is 0 Å². The van der Waals surface area contributed by atoms with Crippen molar-refractivity contribution in [3.8, 4) is 0 Å². The first kappa shape index (κ1) is 50.0. The van der Waals surface area contributed by atoms with E-state index < -0.39 is 24.2 Å². The van der Waals surface area contributed by atoms with Gasteiger partial charge in [0.15, 0.2) is 0 Å². The molecule has 69 heavy (non-hydrogen) atoms. The van der Waals surface area contributed by atoms with Crippen molar-refractivity contribution in [1.29, 1.82) is 0 Å². The summed E-state index contributed by atoms with van der Waals surface area (Å²) in [7, 11) is -0.656. The van der Waals surface area contributed by atoms with Gasteiger partial charge in [-0.1, -0.05) is 144 Å². The van der Waals surface area contributed by atoms with Gasteiger partial charge in [0.05, 0.1) is 16.9 Å². The molecule has 1 aliphatic heterocycles. The molecular weight excluding hydrogens is 849 g/mol. The van der Waals surface area contributed by atoms with Crippen LogP contribution in [0.4, 0.5) is 17.1 Å². The van der Waals surface area contributed by atoms with E-state index in [2.05, 4.69) is 187 Å². The standard InChI is InChI=1S/C61H76BN3O4/c1-16-17-18-33-64-55(67)47-30-28-44-43-31-32-50(49-35-40(62-68-60(12,13)61(14,15)69-62)34-48(51(43)49)45-27-29-46(54(63)66)53(47)52(44)45)65(41-23-19-38(20-24-41)58(8,9)36-56(2,3)4)42-25-21-39(22-26-42)59(10,11)37-57(5,6)7/h19-32,34-35H,16-18,33,36-37H2,1-15H3,(H2,63,66)(H,64,67). The highest BCUT2D eigenvalue weighted by Gasteiger charge is 2.52. The van der Waals surface area contributed by atoms with Crippen molar-refractivity contribution in [1.82, 2.24) is 5.32 Å². The summed E-state index contributed by atoms with van der Waals surface area (Å²) < 4.78 is 13.6. The number of carbonyl (C=O) groups is 2. The molecule has 0 unspecified atom stereocenters. The number of amides is 2. The first-order valence-electron chi connectivity index (χ1n) is 25.3. The zero-order chi connectivity index (χ0) is 50.2. The summed E-state index contributed by atoms with van der Waals surface area (Å²) in [4.78, 5) is 29.8. The molecule has 0 radical (unpaired) electrons. The van der Waals surface area contributed by atoms with Gasteiger partial charge in [0.2, 0.25) is 5.91 Å².